The predicted octanol–water partition coefficient (Wildman–Crippen LogP) is 5.32. The van der Waals surface area contributed by atoms with Crippen molar-refractivity contribution in [2.24, 2.45) is 0 Å². The van der Waals surface area contributed by atoms with Gasteiger partial charge >= 0.3 is 0 Å². The average molecular weight is 369 g/mol. The largest absolute Gasteiger partial charge is 0.304 e. The fraction of sp³-hybridized carbons (Fsp3) is 0.957. The number of hydrogen-bond donors (Lipinski definition) is 0. The van der Waals surface area contributed by atoms with Gasteiger partial charge in [0.1, 0.15) is 0 Å². The molecule has 0 rings (SSSR count). The Hall–Kier alpha value is -0.120. The first-order valence-corrected chi connectivity index (χ1v) is 11.6. The van der Waals surface area contributed by atoms with Crippen LogP contribution in [-0.4, -0.2) is 73.6 Å². The zero-order valence-electron chi connectivity index (χ0n) is 19.2. The third kappa shape index (κ3) is 13.1. The van der Waals surface area contributed by atoms with E-state index in [2.05, 4.69) is 56.2 Å². The van der Waals surface area contributed by atoms with Crippen molar-refractivity contribution in [2.75, 3.05) is 58.9 Å². The Morgan fingerprint density at radius 1 is 0.423 bits per heavy atom. The number of unbranched alkanes of at least 4 members (excludes halogenated alkanes) is 1. The molecule has 0 aromatic carbocycles. The summed E-state index contributed by atoms with van der Waals surface area (Å²) in [6.45, 7) is 24.7. The first-order valence-electron chi connectivity index (χ1n) is 11.6. The van der Waals surface area contributed by atoms with E-state index in [-0.39, 0.29) is 0 Å². The van der Waals surface area contributed by atoms with Gasteiger partial charge in [-0.3, -0.25) is 0 Å². The van der Waals surface area contributed by atoms with Gasteiger partial charge in [-0.2, -0.15) is 0 Å². The van der Waals surface area contributed by atoms with Crippen molar-refractivity contribution in [3.63, 3.8) is 0 Å². The van der Waals surface area contributed by atoms with Gasteiger partial charge in [0, 0.05) is 0 Å². The monoisotopic (exact) mass is 368 g/mol. The molecule has 3 nitrogen and oxygen atoms in total. The van der Waals surface area contributed by atoms with Gasteiger partial charge in [0.2, 0.25) is 0 Å². The first-order chi connectivity index (χ1) is 12.6. The lowest BCUT2D eigenvalue weighted by molar-refractivity contribution is 0.285. The summed E-state index contributed by atoms with van der Waals surface area (Å²) in [5.41, 5.74) is 0. The average Bonchev–Trinajstić information content (AvgIpc) is 2.68. The molecule has 0 aliphatic heterocycles. The molecular formula is C23H50N3. The molecule has 3 heteroatoms. The second kappa shape index (κ2) is 18.3. The second-order valence-corrected chi connectivity index (χ2v) is 7.49. The molecule has 0 heterocycles. The van der Waals surface area contributed by atoms with Crippen LogP contribution in [0.5, 0.6) is 0 Å². The van der Waals surface area contributed by atoms with Crippen LogP contribution < -0.4 is 0 Å². The lowest BCUT2D eigenvalue weighted by Gasteiger charge is -2.23. The number of nitrogens with zero attached hydrogens (tertiary/aromatic N) is 3. The smallest absolute Gasteiger partial charge is 0.00188 e. The molecule has 0 bridgehead atoms. The molecule has 0 unspecified atom stereocenters. The van der Waals surface area contributed by atoms with Crippen molar-refractivity contribution in [3.05, 3.63) is 5.92 Å². The summed E-state index contributed by atoms with van der Waals surface area (Å²) in [7, 11) is 0. The normalized spacial score (nSPS) is 12.2. The molecule has 26 heavy (non-hydrogen) atoms. The van der Waals surface area contributed by atoms with E-state index < -0.39 is 0 Å². The van der Waals surface area contributed by atoms with E-state index in [1.54, 1.807) is 0 Å². The Kier molecular flexibility index (Phi) is 18.2. The molecule has 0 aromatic rings. The van der Waals surface area contributed by atoms with Crippen LogP contribution in [0.3, 0.4) is 0 Å². The molecule has 0 aliphatic rings. The molecule has 0 saturated heterocycles. The first kappa shape index (κ1) is 25.9. The summed E-state index contributed by atoms with van der Waals surface area (Å²) in [6, 6.07) is 0. The van der Waals surface area contributed by atoms with Crippen LogP contribution in [0.1, 0.15) is 86.5 Å². The Morgan fingerprint density at radius 3 is 1.08 bits per heavy atom. The highest BCUT2D eigenvalue weighted by Crippen LogP contribution is 2.23. The van der Waals surface area contributed by atoms with E-state index in [1.807, 2.05) is 5.92 Å². The Labute approximate surface area is 166 Å². The highest BCUT2D eigenvalue weighted by atomic mass is 15.1. The van der Waals surface area contributed by atoms with E-state index in [0.717, 1.165) is 0 Å². The minimum absolute atomic E-state index is 1.19. The lowest BCUT2D eigenvalue weighted by atomic mass is 9.91. The Morgan fingerprint density at radius 2 is 0.731 bits per heavy atom. The lowest BCUT2D eigenvalue weighted by Crippen LogP contribution is -2.25. The summed E-state index contributed by atoms with van der Waals surface area (Å²) in [4.78, 5) is 7.68. The topological polar surface area (TPSA) is 9.72 Å². The van der Waals surface area contributed by atoms with Crippen LogP contribution in [0.25, 0.3) is 0 Å². The summed E-state index contributed by atoms with van der Waals surface area (Å²) < 4.78 is 0. The molecule has 0 atom stereocenters. The zero-order valence-corrected chi connectivity index (χ0v) is 19.2. The molecule has 0 aromatic heterocycles. The number of rotatable bonds is 19. The van der Waals surface area contributed by atoms with Gasteiger partial charge in [-0.1, -0.05) is 48.0 Å². The molecule has 0 N–H and O–H groups in total. The van der Waals surface area contributed by atoms with Crippen LogP contribution in [0, 0.1) is 5.92 Å². The van der Waals surface area contributed by atoms with Crippen molar-refractivity contribution in [2.45, 2.75) is 86.5 Å². The highest BCUT2D eigenvalue weighted by Gasteiger charge is 2.11. The van der Waals surface area contributed by atoms with Crippen molar-refractivity contribution >= 4 is 0 Å². The molecule has 1 radical (unpaired) electrons. The summed E-state index contributed by atoms with van der Waals surface area (Å²) >= 11 is 0. The van der Waals surface area contributed by atoms with Crippen LogP contribution in [0.4, 0.5) is 0 Å². The van der Waals surface area contributed by atoms with E-state index in [0.29, 0.717) is 0 Å². The Bertz CT molecular complexity index is 253. The van der Waals surface area contributed by atoms with E-state index in [1.165, 1.54) is 104 Å². The molecular weight excluding hydrogens is 318 g/mol. The maximum Gasteiger partial charge on any atom is -0.00188 e. The minimum atomic E-state index is 1.19. The molecule has 0 spiro atoms. The molecule has 0 aliphatic carbocycles. The van der Waals surface area contributed by atoms with Crippen molar-refractivity contribution in [1.29, 1.82) is 0 Å². The van der Waals surface area contributed by atoms with Gasteiger partial charge in [-0.05, 0) is 103 Å². The van der Waals surface area contributed by atoms with E-state index in [4.69, 9.17) is 0 Å². The summed E-state index contributed by atoms with van der Waals surface area (Å²) in [5, 5.41) is 0. The van der Waals surface area contributed by atoms with Crippen LogP contribution in [-0.2, 0) is 0 Å². The van der Waals surface area contributed by atoms with Gasteiger partial charge in [-0.25, -0.2) is 0 Å². The van der Waals surface area contributed by atoms with Gasteiger partial charge in [-0.15, -0.1) is 0 Å². The third-order valence-corrected chi connectivity index (χ3v) is 5.95. The SMILES string of the molecule is CCN(CC)CCCC[C](CCCN(CC)CC)CCCN(CC)CC. The van der Waals surface area contributed by atoms with Crippen molar-refractivity contribution < 1.29 is 0 Å². The molecule has 0 amide bonds. The third-order valence-electron chi connectivity index (χ3n) is 5.95. The fourth-order valence-corrected chi connectivity index (χ4v) is 3.81. The van der Waals surface area contributed by atoms with Crippen LogP contribution >= 0.6 is 0 Å². The van der Waals surface area contributed by atoms with E-state index >= 15 is 0 Å². The van der Waals surface area contributed by atoms with Gasteiger partial charge < -0.3 is 14.7 Å². The highest BCUT2D eigenvalue weighted by molar-refractivity contribution is 4.90. The number of hydrogen-bond acceptors (Lipinski definition) is 3. The van der Waals surface area contributed by atoms with Crippen LogP contribution in [0.2, 0.25) is 0 Å². The van der Waals surface area contributed by atoms with E-state index in [9.17, 15) is 0 Å². The molecule has 0 fully saturated rings. The van der Waals surface area contributed by atoms with Gasteiger partial charge in [0.05, 0.1) is 0 Å². The second-order valence-electron chi connectivity index (χ2n) is 7.49. The maximum absolute atomic E-state index is 2.56. The van der Waals surface area contributed by atoms with Gasteiger partial charge in [0.25, 0.3) is 0 Å². The Balaban J connectivity index is 4.21. The predicted molar refractivity (Wildman–Crippen MR) is 119 cm³/mol. The fourth-order valence-electron chi connectivity index (χ4n) is 3.81. The molecule has 157 valence electrons. The summed E-state index contributed by atoms with van der Waals surface area (Å²) in [5.74, 6) is 1.84. The van der Waals surface area contributed by atoms with Gasteiger partial charge in [0.15, 0.2) is 0 Å². The zero-order chi connectivity index (χ0) is 19.6. The minimum Gasteiger partial charge on any atom is -0.304 e. The van der Waals surface area contributed by atoms with Crippen molar-refractivity contribution in [3.8, 4) is 0 Å². The standard InChI is InChI=1S/C23H50N3/c1-7-24(8-2)20-14-13-17-23(18-15-21-25(9-3)10-4)19-16-22-26(11-5)12-6/h7-22H2,1-6H3. The molecule has 0 saturated carbocycles. The maximum atomic E-state index is 2.56. The quantitative estimate of drug-likeness (QED) is 0.286. The van der Waals surface area contributed by atoms with Crippen LogP contribution in [0.15, 0.2) is 0 Å². The summed E-state index contributed by atoms with van der Waals surface area (Å²) in [6.07, 6.45) is 9.48. The van der Waals surface area contributed by atoms with Crippen molar-refractivity contribution in [1.82, 2.24) is 14.7 Å².